The van der Waals surface area contributed by atoms with Crippen LogP contribution < -0.4 is 10.6 Å². The molecule has 0 spiro atoms. The van der Waals surface area contributed by atoms with Crippen molar-refractivity contribution in [2.24, 2.45) is 0 Å². The van der Waals surface area contributed by atoms with Crippen molar-refractivity contribution in [3.63, 3.8) is 0 Å². The Kier molecular flexibility index (Phi) is 6.46. The average Bonchev–Trinajstić information content (AvgIpc) is 3.17. The molecule has 0 bridgehead atoms. The average molecular weight is 396 g/mol. The molecule has 3 rings (SSSR count). The first-order chi connectivity index (χ1) is 13.5. The van der Waals surface area contributed by atoms with E-state index in [1.54, 1.807) is 31.4 Å². The second-order valence-corrected chi connectivity index (χ2v) is 7.20. The van der Waals surface area contributed by atoms with Gasteiger partial charge in [0, 0.05) is 24.9 Å². The summed E-state index contributed by atoms with van der Waals surface area (Å²) < 4.78 is 4.97. The Morgan fingerprint density at radius 2 is 1.86 bits per heavy atom. The summed E-state index contributed by atoms with van der Waals surface area (Å²) in [6.07, 6.45) is 0. The number of nitrogens with one attached hydrogen (secondary N) is 2. The molecule has 0 aliphatic rings. The summed E-state index contributed by atoms with van der Waals surface area (Å²) in [5.41, 5.74) is 3.16. The van der Waals surface area contributed by atoms with E-state index in [2.05, 4.69) is 20.8 Å². The minimum Gasteiger partial charge on any atom is -0.377 e. The van der Waals surface area contributed by atoms with Crippen molar-refractivity contribution in [2.75, 3.05) is 12.4 Å². The Bertz CT molecular complexity index is 970. The molecule has 0 saturated heterocycles. The molecular weight excluding hydrogens is 376 g/mol. The lowest BCUT2D eigenvalue weighted by molar-refractivity contribution is 0.0949. The Hall–Kier alpha value is -3.10. The van der Waals surface area contributed by atoms with E-state index in [9.17, 15) is 9.59 Å². The van der Waals surface area contributed by atoms with Gasteiger partial charge in [-0.25, -0.2) is 0 Å². The molecule has 7 nitrogen and oxygen atoms in total. The molecule has 3 aromatic rings. The Morgan fingerprint density at radius 1 is 1.07 bits per heavy atom. The lowest BCUT2D eigenvalue weighted by atomic mass is 10.1. The van der Waals surface area contributed by atoms with Gasteiger partial charge in [0.2, 0.25) is 5.01 Å². The van der Waals surface area contributed by atoms with Crippen LogP contribution in [0.1, 0.15) is 36.3 Å². The van der Waals surface area contributed by atoms with Crippen LogP contribution >= 0.6 is 11.3 Å². The minimum atomic E-state index is -0.378. The normalized spacial score (nSPS) is 10.5. The third kappa shape index (κ3) is 5.21. The van der Waals surface area contributed by atoms with E-state index in [1.807, 2.05) is 31.2 Å². The lowest BCUT2D eigenvalue weighted by Gasteiger charge is -2.08. The molecule has 2 amide bonds. The van der Waals surface area contributed by atoms with E-state index in [0.29, 0.717) is 29.4 Å². The molecule has 2 aromatic carbocycles. The summed E-state index contributed by atoms with van der Waals surface area (Å²) in [5, 5.41) is 14.2. The number of aromatic nitrogens is 2. The van der Waals surface area contributed by atoms with Gasteiger partial charge in [0.1, 0.15) is 5.01 Å². The third-order valence-electron chi connectivity index (χ3n) is 3.89. The topological polar surface area (TPSA) is 93.2 Å². The predicted octanol–water partition coefficient (Wildman–Crippen LogP) is 3.18. The molecule has 2 N–H and O–H groups in total. The fourth-order valence-corrected chi connectivity index (χ4v) is 3.15. The van der Waals surface area contributed by atoms with Gasteiger partial charge in [-0.05, 0) is 30.7 Å². The van der Waals surface area contributed by atoms with E-state index < -0.39 is 0 Å². The van der Waals surface area contributed by atoms with Crippen molar-refractivity contribution >= 4 is 28.8 Å². The number of rotatable bonds is 7. The highest BCUT2D eigenvalue weighted by Crippen LogP contribution is 2.15. The second kappa shape index (κ2) is 9.20. The zero-order valence-electron chi connectivity index (χ0n) is 15.6. The van der Waals surface area contributed by atoms with Crippen LogP contribution in [0.2, 0.25) is 0 Å². The van der Waals surface area contributed by atoms with E-state index in [1.165, 1.54) is 5.56 Å². The molecule has 0 aliphatic heterocycles. The molecule has 0 unspecified atom stereocenters. The number of hydrogen-bond donors (Lipinski definition) is 2. The number of carbonyl (C=O) groups is 2. The number of carbonyl (C=O) groups excluding carboxylic acids is 2. The van der Waals surface area contributed by atoms with Crippen LogP contribution in [0.15, 0.2) is 48.5 Å². The highest BCUT2D eigenvalue weighted by Gasteiger charge is 2.14. The Labute approximate surface area is 166 Å². The quantitative estimate of drug-likeness (QED) is 0.640. The third-order valence-corrected chi connectivity index (χ3v) is 4.78. The highest BCUT2D eigenvalue weighted by atomic mass is 32.1. The number of aryl methyl sites for hydroxylation is 1. The second-order valence-electron chi connectivity index (χ2n) is 6.14. The summed E-state index contributed by atoms with van der Waals surface area (Å²) in [6, 6.07) is 14.7. The standard InChI is InChI=1S/C20H20N4O3S/c1-13-6-8-14(9-7-13)11-21-18(25)15-4-3-5-16(10-15)22-19(26)20-24-23-17(28-20)12-27-2/h3-10H,11-12H2,1-2H3,(H,21,25)(H,22,26). The Balaban J connectivity index is 1.61. The van der Waals surface area contributed by atoms with E-state index in [4.69, 9.17) is 4.74 Å². The first kappa shape index (κ1) is 19.7. The maximum Gasteiger partial charge on any atom is 0.286 e. The summed E-state index contributed by atoms with van der Waals surface area (Å²) >= 11 is 1.16. The summed E-state index contributed by atoms with van der Waals surface area (Å²) in [6.45, 7) is 2.76. The lowest BCUT2D eigenvalue weighted by Crippen LogP contribution is -2.23. The maximum atomic E-state index is 12.4. The number of benzene rings is 2. The molecule has 28 heavy (non-hydrogen) atoms. The smallest absolute Gasteiger partial charge is 0.286 e. The van der Waals surface area contributed by atoms with Crippen LogP contribution in [0, 0.1) is 6.92 Å². The summed E-state index contributed by atoms with van der Waals surface area (Å²) in [4.78, 5) is 24.7. The van der Waals surface area contributed by atoms with Crippen LogP contribution in [0.3, 0.4) is 0 Å². The molecule has 0 aliphatic carbocycles. The first-order valence-electron chi connectivity index (χ1n) is 8.61. The fourth-order valence-electron chi connectivity index (χ4n) is 2.44. The van der Waals surface area contributed by atoms with Crippen LogP contribution in [0.25, 0.3) is 0 Å². The molecule has 0 radical (unpaired) electrons. The molecular formula is C20H20N4O3S. The first-order valence-corrected chi connectivity index (χ1v) is 9.43. The van der Waals surface area contributed by atoms with Gasteiger partial charge in [-0.15, -0.1) is 10.2 Å². The monoisotopic (exact) mass is 396 g/mol. The van der Waals surface area contributed by atoms with Crippen molar-refractivity contribution in [3.8, 4) is 0 Å². The van der Waals surface area contributed by atoms with E-state index in [0.717, 1.165) is 16.9 Å². The number of nitrogens with zero attached hydrogens (tertiary/aromatic N) is 2. The van der Waals surface area contributed by atoms with Gasteiger partial charge in [0.05, 0.1) is 6.61 Å². The summed E-state index contributed by atoms with van der Waals surface area (Å²) in [5.74, 6) is -0.591. The van der Waals surface area contributed by atoms with Crippen LogP contribution in [-0.4, -0.2) is 29.1 Å². The fraction of sp³-hybridized carbons (Fsp3) is 0.200. The van der Waals surface area contributed by atoms with Gasteiger partial charge in [-0.2, -0.15) is 0 Å². The minimum absolute atomic E-state index is 0.213. The molecule has 8 heteroatoms. The number of anilines is 1. The van der Waals surface area contributed by atoms with Gasteiger partial charge in [-0.3, -0.25) is 9.59 Å². The number of ether oxygens (including phenoxy) is 1. The van der Waals surface area contributed by atoms with Gasteiger partial charge < -0.3 is 15.4 Å². The van der Waals surface area contributed by atoms with E-state index in [-0.39, 0.29) is 16.8 Å². The zero-order valence-corrected chi connectivity index (χ0v) is 16.4. The molecule has 0 atom stereocenters. The van der Waals surface area contributed by atoms with Crippen LogP contribution in [0.4, 0.5) is 5.69 Å². The van der Waals surface area contributed by atoms with Crippen molar-refractivity contribution in [3.05, 3.63) is 75.2 Å². The van der Waals surface area contributed by atoms with Crippen molar-refractivity contribution in [2.45, 2.75) is 20.1 Å². The number of hydrogen-bond acceptors (Lipinski definition) is 6. The molecule has 1 aromatic heterocycles. The highest BCUT2D eigenvalue weighted by molar-refractivity contribution is 7.13. The van der Waals surface area contributed by atoms with Crippen LogP contribution in [0.5, 0.6) is 0 Å². The van der Waals surface area contributed by atoms with Crippen molar-refractivity contribution in [1.82, 2.24) is 15.5 Å². The molecule has 1 heterocycles. The SMILES string of the molecule is COCc1nnc(C(=O)Nc2cccc(C(=O)NCc3ccc(C)cc3)c2)s1. The Morgan fingerprint density at radius 3 is 2.61 bits per heavy atom. The molecule has 0 saturated carbocycles. The summed E-state index contributed by atoms with van der Waals surface area (Å²) in [7, 11) is 1.55. The largest absolute Gasteiger partial charge is 0.377 e. The molecule has 0 fully saturated rings. The van der Waals surface area contributed by atoms with Gasteiger partial charge in [0.25, 0.3) is 11.8 Å². The predicted molar refractivity (Wildman–Crippen MR) is 107 cm³/mol. The van der Waals surface area contributed by atoms with Gasteiger partial charge in [-0.1, -0.05) is 47.2 Å². The number of methoxy groups -OCH3 is 1. The zero-order chi connectivity index (χ0) is 19.9. The van der Waals surface area contributed by atoms with E-state index >= 15 is 0 Å². The molecule has 144 valence electrons. The number of amides is 2. The maximum absolute atomic E-state index is 12.4. The van der Waals surface area contributed by atoms with Gasteiger partial charge in [0.15, 0.2) is 0 Å². The van der Waals surface area contributed by atoms with Crippen molar-refractivity contribution in [1.29, 1.82) is 0 Å². The van der Waals surface area contributed by atoms with Crippen molar-refractivity contribution < 1.29 is 14.3 Å². The van der Waals surface area contributed by atoms with Gasteiger partial charge >= 0.3 is 0 Å². The van der Waals surface area contributed by atoms with Crippen LogP contribution in [-0.2, 0) is 17.9 Å².